The minimum atomic E-state index is -0.854. The van der Waals surface area contributed by atoms with Crippen LogP contribution in [-0.4, -0.2) is 36.7 Å². The smallest absolute Gasteiger partial charge is 0.237 e. The Labute approximate surface area is 96.1 Å². The molecule has 90 valence electrons. The van der Waals surface area contributed by atoms with E-state index in [1.165, 1.54) is 0 Å². The summed E-state index contributed by atoms with van der Waals surface area (Å²) in [6, 6.07) is 0. The molecule has 0 heterocycles. The van der Waals surface area contributed by atoms with Crippen molar-refractivity contribution in [1.82, 2.24) is 0 Å². The third kappa shape index (κ3) is 7.64. The van der Waals surface area contributed by atoms with E-state index in [4.69, 9.17) is 16.2 Å². The minimum Gasteiger partial charge on any atom is -0.385 e. The first-order valence-electron chi connectivity index (χ1n) is 5.16. The lowest BCUT2D eigenvalue weighted by Gasteiger charge is -2.19. The topological polar surface area (TPSA) is 78.3 Å². The lowest BCUT2D eigenvalue weighted by molar-refractivity contribution is -0.122. The monoisotopic (exact) mass is 234 g/mol. The summed E-state index contributed by atoms with van der Waals surface area (Å²) in [6.07, 6.45) is 2.64. The van der Waals surface area contributed by atoms with Crippen molar-refractivity contribution in [1.29, 1.82) is 0 Å². The number of carbonyl (C=O) groups excluding carboxylic acids is 1. The van der Waals surface area contributed by atoms with Gasteiger partial charge in [-0.05, 0) is 37.7 Å². The summed E-state index contributed by atoms with van der Waals surface area (Å²) >= 11 is 1.86. The second kappa shape index (κ2) is 7.96. The van der Waals surface area contributed by atoms with Crippen LogP contribution in [-0.2, 0) is 9.53 Å². The number of amides is 1. The van der Waals surface area contributed by atoms with Crippen LogP contribution in [0, 0.1) is 0 Å². The molecule has 1 amide bonds. The van der Waals surface area contributed by atoms with Crippen LogP contribution in [0.3, 0.4) is 0 Å². The van der Waals surface area contributed by atoms with E-state index in [9.17, 15) is 4.79 Å². The number of methoxy groups -OCH3 is 1. The quantitative estimate of drug-likeness (QED) is 0.577. The second-order valence-corrected chi connectivity index (χ2v) is 5.07. The maximum Gasteiger partial charge on any atom is 0.237 e. The normalized spacial score (nSPS) is 14.9. The maximum absolute atomic E-state index is 10.9. The average molecular weight is 234 g/mol. The summed E-state index contributed by atoms with van der Waals surface area (Å²) < 4.78 is 4.94. The van der Waals surface area contributed by atoms with Crippen molar-refractivity contribution in [2.45, 2.75) is 31.7 Å². The molecule has 0 saturated heterocycles. The van der Waals surface area contributed by atoms with Crippen LogP contribution < -0.4 is 11.5 Å². The molecule has 0 fully saturated rings. The van der Waals surface area contributed by atoms with Gasteiger partial charge in [-0.3, -0.25) is 4.79 Å². The molecule has 0 spiro atoms. The molecular weight excluding hydrogens is 212 g/mol. The zero-order valence-electron chi connectivity index (χ0n) is 9.62. The SMILES string of the molecule is COCCCSCCCC(C)(N)C(N)=O. The number of ether oxygens (including phenoxy) is 1. The van der Waals surface area contributed by atoms with Crippen LogP contribution >= 0.6 is 11.8 Å². The Bertz CT molecular complexity index is 186. The molecule has 0 aromatic heterocycles. The van der Waals surface area contributed by atoms with Gasteiger partial charge >= 0.3 is 0 Å². The van der Waals surface area contributed by atoms with E-state index >= 15 is 0 Å². The molecule has 0 aromatic carbocycles. The highest BCUT2D eigenvalue weighted by atomic mass is 32.2. The van der Waals surface area contributed by atoms with Gasteiger partial charge in [0, 0.05) is 13.7 Å². The third-order valence-electron chi connectivity index (χ3n) is 2.18. The summed E-state index contributed by atoms with van der Waals surface area (Å²) in [6.45, 7) is 2.49. The second-order valence-electron chi connectivity index (χ2n) is 3.84. The Morgan fingerprint density at radius 1 is 1.40 bits per heavy atom. The predicted molar refractivity (Wildman–Crippen MR) is 64.8 cm³/mol. The van der Waals surface area contributed by atoms with Gasteiger partial charge in [0.2, 0.25) is 5.91 Å². The number of rotatable bonds is 9. The fraction of sp³-hybridized carbons (Fsp3) is 0.900. The van der Waals surface area contributed by atoms with E-state index in [0.29, 0.717) is 6.42 Å². The Balaban J connectivity index is 3.35. The summed E-state index contributed by atoms with van der Waals surface area (Å²) in [5.41, 5.74) is 10.0. The van der Waals surface area contributed by atoms with E-state index in [2.05, 4.69) is 0 Å². The highest BCUT2D eigenvalue weighted by molar-refractivity contribution is 7.99. The fourth-order valence-corrected chi connectivity index (χ4v) is 1.95. The molecule has 15 heavy (non-hydrogen) atoms. The summed E-state index contributed by atoms with van der Waals surface area (Å²) in [4.78, 5) is 10.9. The molecule has 0 aliphatic heterocycles. The Hall–Kier alpha value is -0.260. The summed E-state index contributed by atoms with van der Waals surface area (Å²) in [5.74, 6) is 1.68. The first-order chi connectivity index (χ1) is 7.00. The van der Waals surface area contributed by atoms with Crippen molar-refractivity contribution < 1.29 is 9.53 Å². The Kier molecular flexibility index (Phi) is 7.82. The standard InChI is InChI=1S/C10H22N2O2S/c1-10(12,9(11)13)5-3-7-15-8-4-6-14-2/h3-8,12H2,1-2H3,(H2,11,13). The maximum atomic E-state index is 10.9. The number of hydrogen-bond acceptors (Lipinski definition) is 4. The average Bonchev–Trinajstić information content (AvgIpc) is 2.16. The molecule has 0 aromatic rings. The van der Waals surface area contributed by atoms with Gasteiger partial charge in [-0.1, -0.05) is 0 Å². The molecule has 0 aliphatic rings. The zero-order chi connectivity index (χ0) is 11.7. The van der Waals surface area contributed by atoms with Gasteiger partial charge in [0.05, 0.1) is 5.54 Å². The van der Waals surface area contributed by atoms with E-state index in [1.54, 1.807) is 14.0 Å². The van der Waals surface area contributed by atoms with Gasteiger partial charge in [-0.25, -0.2) is 0 Å². The van der Waals surface area contributed by atoms with Gasteiger partial charge in [0.1, 0.15) is 0 Å². The van der Waals surface area contributed by atoms with Crippen LogP contribution in [0.4, 0.5) is 0 Å². The van der Waals surface area contributed by atoms with Crippen molar-refractivity contribution in [3.05, 3.63) is 0 Å². The molecule has 0 rings (SSSR count). The van der Waals surface area contributed by atoms with Gasteiger partial charge in [-0.15, -0.1) is 0 Å². The highest BCUT2D eigenvalue weighted by Crippen LogP contribution is 2.12. The molecule has 0 saturated carbocycles. The van der Waals surface area contributed by atoms with Crippen LogP contribution in [0.2, 0.25) is 0 Å². The molecular formula is C10H22N2O2S. The van der Waals surface area contributed by atoms with Crippen molar-refractivity contribution in [3.8, 4) is 0 Å². The van der Waals surface area contributed by atoms with Gasteiger partial charge in [0.25, 0.3) is 0 Å². The molecule has 0 bridgehead atoms. The van der Waals surface area contributed by atoms with Crippen molar-refractivity contribution in [2.75, 3.05) is 25.2 Å². The summed E-state index contributed by atoms with van der Waals surface area (Å²) in [5, 5.41) is 0. The molecule has 1 unspecified atom stereocenters. The molecule has 4 nitrogen and oxygen atoms in total. The summed E-state index contributed by atoms with van der Waals surface area (Å²) in [7, 11) is 1.71. The van der Waals surface area contributed by atoms with Gasteiger partial charge in [-0.2, -0.15) is 11.8 Å². The molecule has 0 radical (unpaired) electrons. The fourth-order valence-electron chi connectivity index (χ4n) is 1.07. The molecule has 0 aliphatic carbocycles. The number of thioether (sulfide) groups is 1. The van der Waals surface area contributed by atoms with Crippen LogP contribution in [0.25, 0.3) is 0 Å². The van der Waals surface area contributed by atoms with Crippen LogP contribution in [0.15, 0.2) is 0 Å². The number of primary amides is 1. The lowest BCUT2D eigenvalue weighted by Crippen LogP contribution is -2.49. The Morgan fingerprint density at radius 3 is 2.53 bits per heavy atom. The zero-order valence-corrected chi connectivity index (χ0v) is 10.4. The van der Waals surface area contributed by atoms with Crippen molar-refractivity contribution in [3.63, 3.8) is 0 Å². The van der Waals surface area contributed by atoms with Crippen LogP contribution in [0.5, 0.6) is 0 Å². The van der Waals surface area contributed by atoms with Gasteiger partial charge < -0.3 is 16.2 Å². The Morgan fingerprint density at radius 2 is 2.00 bits per heavy atom. The van der Waals surface area contributed by atoms with E-state index in [-0.39, 0.29) is 0 Å². The first-order valence-corrected chi connectivity index (χ1v) is 6.31. The van der Waals surface area contributed by atoms with E-state index in [1.807, 2.05) is 11.8 Å². The predicted octanol–water partition coefficient (Wildman–Crippen LogP) is 0.739. The first kappa shape index (κ1) is 14.7. The largest absolute Gasteiger partial charge is 0.385 e. The molecule has 4 N–H and O–H groups in total. The van der Waals surface area contributed by atoms with E-state index in [0.717, 1.165) is 31.0 Å². The number of hydrogen-bond donors (Lipinski definition) is 2. The van der Waals surface area contributed by atoms with Crippen molar-refractivity contribution >= 4 is 17.7 Å². The highest BCUT2D eigenvalue weighted by Gasteiger charge is 2.24. The number of carbonyl (C=O) groups is 1. The third-order valence-corrected chi connectivity index (χ3v) is 3.34. The van der Waals surface area contributed by atoms with E-state index < -0.39 is 11.4 Å². The molecule has 1 atom stereocenters. The minimum absolute atomic E-state index is 0.424. The lowest BCUT2D eigenvalue weighted by atomic mass is 9.97. The molecule has 5 heteroatoms. The van der Waals surface area contributed by atoms with Crippen LogP contribution in [0.1, 0.15) is 26.2 Å². The number of nitrogens with two attached hydrogens (primary N) is 2. The van der Waals surface area contributed by atoms with Gasteiger partial charge in [0.15, 0.2) is 0 Å². The van der Waals surface area contributed by atoms with Crippen molar-refractivity contribution in [2.24, 2.45) is 11.5 Å².